The lowest BCUT2D eigenvalue weighted by molar-refractivity contribution is -0.0531. The third-order valence-electron chi connectivity index (χ3n) is 10.3. The molecular formula is C41H39N2O6P. The zero-order valence-corrected chi connectivity index (χ0v) is 28.9. The van der Waals surface area contributed by atoms with Crippen LogP contribution in [0.2, 0.25) is 0 Å². The fourth-order valence-corrected chi connectivity index (χ4v) is 9.41. The van der Waals surface area contributed by atoms with Crippen LogP contribution in [0.15, 0.2) is 121 Å². The maximum atomic E-state index is 15.1. The summed E-state index contributed by atoms with van der Waals surface area (Å²) in [5.41, 5.74) is 2.75. The van der Waals surface area contributed by atoms with Gasteiger partial charge in [-0.15, -0.1) is 0 Å². The van der Waals surface area contributed by atoms with Gasteiger partial charge < -0.3 is 28.3 Å². The molecule has 1 saturated carbocycles. The van der Waals surface area contributed by atoms with E-state index in [9.17, 15) is 0 Å². The second-order valence-electron chi connectivity index (χ2n) is 13.0. The van der Waals surface area contributed by atoms with E-state index in [4.69, 9.17) is 18.5 Å². The van der Waals surface area contributed by atoms with Crippen molar-refractivity contribution in [2.75, 3.05) is 14.2 Å². The third kappa shape index (κ3) is 5.71. The van der Waals surface area contributed by atoms with Gasteiger partial charge >= 0.3 is 8.38 Å². The monoisotopic (exact) mass is 686 g/mol. The van der Waals surface area contributed by atoms with Gasteiger partial charge in [0.25, 0.3) is 11.8 Å². The Morgan fingerprint density at radius 2 is 1.04 bits per heavy atom. The molecule has 8 rings (SSSR count). The first kappa shape index (κ1) is 32.2. The zero-order chi connectivity index (χ0) is 34.2. The Morgan fingerprint density at radius 1 is 0.620 bits per heavy atom. The van der Waals surface area contributed by atoms with Crippen LogP contribution in [0, 0.1) is 0 Å². The van der Waals surface area contributed by atoms with E-state index < -0.39 is 20.5 Å². The highest BCUT2D eigenvalue weighted by Crippen LogP contribution is 2.58. The number of piperazine rings is 1. The lowest BCUT2D eigenvalue weighted by Crippen LogP contribution is -2.65. The summed E-state index contributed by atoms with van der Waals surface area (Å²) in [5.74, 6) is 2.48. The number of carbonyl (C=O) groups is 2. The van der Waals surface area contributed by atoms with Crippen LogP contribution in [0.5, 0.6) is 23.0 Å². The number of ether oxygens (including phenoxy) is 2. The number of carbonyl (C=O) groups excluding carboxylic acids is 2. The SMILES string of the molecule is COc1ccc(C(=O)N2[C@@H]3c4ccccc4OP(C4C=CC=C4)Oc4ccccc4[C@H]3N(C(=O)c3ccc(OC)cc3)[C@H]3CCCC[C@@H]32)cc1. The number of rotatable bonds is 5. The molecule has 2 amide bonds. The first-order valence-corrected chi connectivity index (χ1v) is 18.4. The molecule has 254 valence electrons. The van der Waals surface area contributed by atoms with Gasteiger partial charge in [-0.25, -0.2) is 0 Å². The van der Waals surface area contributed by atoms with Gasteiger partial charge in [-0.1, -0.05) is 73.5 Å². The van der Waals surface area contributed by atoms with Gasteiger partial charge in [-0.3, -0.25) is 9.59 Å². The molecule has 0 unspecified atom stereocenters. The molecule has 4 aromatic rings. The molecule has 4 aromatic carbocycles. The Labute approximate surface area is 293 Å². The average molecular weight is 687 g/mol. The zero-order valence-electron chi connectivity index (χ0n) is 28.1. The highest BCUT2D eigenvalue weighted by Gasteiger charge is 2.54. The Balaban J connectivity index is 1.37. The minimum Gasteiger partial charge on any atom is -0.497 e. The second kappa shape index (κ2) is 13.7. The number of amides is 2. The molecule has 2 heterocycles. The Kier molecular flexibility index (Phi) is 8.80. The Morgan fingerprint density at radius 3 is 1.46 bits per heavy atom. The van der Waals surface area contributed by atoms with Crippen LogP contribution in [0.25, 0.3) is 0 Å². The van der Waals surface area contributed by atoms with Crippen LogP contribution in [-0.2, 0) is 0 Å². The lowest BCUT2D eigenvalue weighted by atomic mass is 9.77. The summed E-state index contributed by atoms with van der Waals surface area (Å²) in [4.78, 5) is 34.3. The molecule has 0 N–H and O–H groups in total. The summed E-state index contributed by atoms with van der Waals surface area (Å²) < 4.78 is 24.6. The summed E-state index contributed by atoms with van der Waals surface area (Å²) in [6.07, 6.45) is 11.7. The van der Waals surface area contributed by atoms with Crippen LogP contribution in [0.1, 0.15) is 69.6 Å². The van der Waals surface area contributed by atoms with E-state index in [-0.39, 0.29) is 29.6 Å². The van der Waals surface area contributed by atoms with Gasteiger partial charge in [-0.05, 0) is 73.5 Å². The first-order valence-electron chi connectivity index (χ1n) is 17.2. The van der Waals surface area contributed by atoms with Crippen molar-refractivity contribution >= 4 is 20.2 Å². The minimum absolute atomic E-state index is 0.0668. The molecule has 0 spiro atoms. The summed E-state index contributed by atoms with van der Waals surface area (Å²) in [5, 5.41) is 0. The van der Waals surface area contributed by atoms with Gasteiger partial charge in [0, 0.05) is 22.3 Å². The molecule has 0 bridgehead atoms. The molecule has 0 radical (unpaired) electrons. The molecule has 2 aliphatic heterocycles. The van der Waals surface area contributed by atoms with Crippen LogP contribution >= 0.6 is 8.38 Å². The molecule has 1 saturated heterocycles. The molecular weight excluding hydrogens is 647 g/mol. The number of hydrogen-bond acceptors (Lipinski definition) is 6. The summed E-state index contributed by atoms with van der Waals surface area (Å²) >= 11 is 0. The van der Waals surface area contributed by atoms with Crippen LogP contribution in [-0.4, -0.2) is 53.6 Å². The highest BCUT2D eigenvalue weighted by atomic mass is 31.2. The average Bonchev–Trinajstić information content (AvgIpc) is 3.73. The van der Waals surface area contributed by atoms with Crippen molar-refractivity contribution in [1.29, 1.82) is 0 Å². The first-order chi connectivity index (χ1) is 24.6. The van der Waals surface area contributed by atoms with E-state index in [1.54, 1.807) is 14.2 Å². The van der Waals surface area contributed by atoms with E-state index >= 15 is 9.59 Å². The Bertz CT molecular complexity index is 1800. The van der Waals surface area contributed by atoms with E-state index in [2.05, 4.69) is 22.0 Å². The van der Waals surface area contributed by atoms with Crippen molar-refractivity contribution in [1.82, 2.24) is 9.80 Å². The van der Waals surface area contributed by atoms with Crippen molar-refractivity contribution < 1.29 is 28.1 Å². The van der Waals surface area contributed by atoms with Crippen molar-refractivity contribution in [3.63, 3.8) is 0 Å². The molecule has 0 aromatic heterocycles. The maximum absolute atomic E-state index is 15.1. The maximum Gasteiger partial charge on any atom is 0.301 e. The number of fused-ring (bicyclic) bond motifs is 6. The van der Waals surface area contributed by atoms with Gasteiger partial charge in [0.1, 0.15) is 23.0 Å². The van der Waals surface area contributed by atoms with Crippen molar-refractivity contribution in [3.8, 4) is 23.0 Å². The lowest BCUT2D eigenvalue weighted by Gasteiger charge is -2.57. The minimum atomic E-state index is -1.52. The van der Waals surface area contributed by atoms with Gasteiger partial charge in [0.05, 0.1) is 44.0 Å². The summed E-state index contributed by atoms with van der Waals surface area (Å²) in [7, 11) is 1.72. The molecule has 2 fully saturated rings. The van der Waals surface area contributed by atoms with E-state index in [1.165, 1.54) is 0 Å². The number of allylic oxidation sites excluding steroid dienone is 4. The fourth-order valence-electron chi connectivity index (χ4n) is 7.93. The number of hydrogen-bond donors (Lipinski definition) is 0. The Hall–Kier alpha value is -5.07. The molecule has 9 heteroatoms. The summed E-state index contributed by atoms with van der Waals surface area (Å²) in [6, 6.07) is 28.9. The smallest absolute Gasteiger partial charge is 0.301 e. The van der Waals surface area contributed by atoms with Crippen molar-refractivity contribution in [2.24, 2.45) is 0 Å². The molecule has 4 aliphatic rings. The van der Waals surface area contributed by atoms with E-state index in [1.807, 2.05) is 109 Å². The number of para-hydroxylation sites is 2. The third-order valence-corrected chi connectivity index (χ3v) is 11.9. The molecule has 50 heavy (non-hydrogen) atoms. The molecule has 2 aliphatic carbocycles. The standard InChI is InChI=1S/C41H39N2O6P/c1-46-29-23-19-27(20-24-29)40(44)42-34-15-7-8-16-35(34)43(41(45)28-21-25-30(47-2)26-22-28)39-33-14-6-10-18-37(33)49-50(31-11-3-4-12-31)48-36-17-9-5-13-32(36)38(39)42/h3-6,9-14,17-26,31,34-35,38-39H,7-8,15-16H2,1-2H3/t34-,35-,38+,39+/m0/s1. The molecule has 4 atom stereocenters. The largest absolute Gasteiger partial charge is 0.497 e. The predicted molar refractivity (Wildman–Crippen MR) is 193 cm³/mol. The topological polar surface area (TPSA) is 77.5 Å². The number of methoxy groups -OCH3 is 2. The quantitative estimate of drug-likeness (QED) is 0.196. The molecule has 8 nitrogen and oxygen atoms in total. The van der Waals surface area contributed by atoms with Crippen LogP contribution in [0.4, 0.5) is 0 Å². The predicted octanol–water partition coefficient (Wildman–Crippen LogP) is 8.67. The number of benzene rings is 4. The number of nitrogens with zero attached hydrogens (tertiary/aromatic N) is 2. The second-order valence-corrected chi connectivity index (χ2v) is 14.5. The van der Waals surface area contributed by atoms with Gasteiger partial charge in [-0.2, -0.15) is 0 Å². The van der Waals surface area contributed by atoms with E-state index in [0.29, 0.717) is 34.1 Å². The van der Waals surface area contributed by atoms with Crippen molar-refractivity contribution in [2.45, 2.75) is 55.5 Å². The summed E-state index contributed by atoms with van der Waals surface area (Å²) in [6.45, 7) is 0. The highest BCUT2D eigenvalue weighted by molar-refractivity contribution is 7.49. The fraction of sp³-hybridized carbons (Fsp3) is 0.268. The van der Waals surface area contributed by atoms with Gasteiger partial charge in [0.2, 0.25) is 0 Å². The van der Waals surface area contributed by atoms with Crippen molar-refractivity contribution in [3.05, 3.63) is 144 Å². The van der Waals surface area contributed by atoms with Crippen LogP contribution in [0.3, 0.4) is 0 Å². The van der Waals surface area contributed by atoms with Gasteiger partial charge in [0.15, 0.2) is 0 Å². The normalized spacial score (nSPS) is 22.8. The van der Waals surface area contributed by atoms with Crippen LogP contribution < -0.4 is 18.5 Å². The van der Waals surface area contributed by atoms with E-state index in [0.717, 1.165) is 36.8 Å².